The van der Waals surface area contributed by atoms with Gasteiger partial charge in [-0.25, -0.2) is 4.98 Å². The summed E-state index contributed by atoms with van der Waals surface area (Å²) < 4.78 is 38.8. The van der Waals surface area contributed by atoms with Gasteiger partial charge in [0.05, 0.1) is 21.8 Å². The van der Waals surface area contributed by atoms with E-state index in [9.17, 15) is 18.0 Å². The van der Waals surface area contributed by atoms with Crippen LogP contribution in [0.25, 0.3) is 10.9 Å². The van der Waals surface area contributed by atoms with E-state index in [4.69, 9.17) is 11.6 Å². The summed E-state index contributed by atoms with van der Waals surface area (Å²) in [4.78, 5) is 16.0. The maximum atomic E-state index is 12.6. The van der Waals surface area contributed by atoms with Crippen molar-refractivity contribution in [2.75, 3.05) is 0 Å². The Morgan fingerprint density at radius 2 is 2.00 bits per heavy atom. The van der Waals surface area contributed by atoms with Crippen LogP contribution in [0, 0.1) is 0 Å². The molecule has 1 aromatic carbocycles. The molecule has 0 amide bonds. The Morgan fingerprint density at radius 1 is 1.25 bits per heavy atom. The van der Waals surface area contributed by atoms with Crippen molar-refractivity contribution in [2.45, 2.75) is 17.1 Å². The number of nitrogens with zero attached hydrogens (tertiary/aromatic N) is 4. The zero-order valence-electron chi connectivity index (χ0n) is 11.8. The summed E-state index contributed by atoms with van der Waals surface area (Å²) in [5.74, 6) is 0.0226. The first-order valence-electron chi connectivity index (χ1n) is 6.54. The highest BCUT2D eigenvalue weighted by molar-refractivity contribution is 7.98. The highest BCUT2D eigenvalue weighted by atomic mass is 35.5. The van der Waals surface area contributed by atoms with Crippen molar-refractivity contribution in [3.63, 3.8) is 0 Å². The van der Waals surface area contributed by atoms with Crippen molar-refractivity contribution in [1.82, 2.24) is 20.0 Å². The van der Waals surface area contributed by atoms with E-state index in [0.717, 1.165) is 22.5 Å². The van der Waals surface area contributed by atoms with Gasteiger partial charge in [0.1, 0.15) is 10.5 Å². The second kappa shape index (κ2) is 6.40. The summed E-state index contributed by atoms with van der Waals surface area (Å²) in [5, 5.41) is 8.14. The summed E-state index contributed by atoms with van der Waals surface area (Å²) in [6.07, 6.45) is -3.82. The number of hydrogen-bond donors (Lipinski definition) is 0. The third kappa shape index (κ3) is 3.36. The van der Waals surface area contributed by atoms with E-state index in [2.05, 4.69) is 15.3 Å². The predicted octanol–water partition coefficient (Wildman–Crippen LogP) is 3.61. The summed E-state index contributed by atoms with van der Waals surface area (Å²) in [7, 11) is 0. The molecule has 5 nitrogen and oxygen atoms in total. The molecule has 0 fully saturated rings. The van der Waals surface area contributed by atoms with Crippen molar-refractivity contribution in [3.8, 4) is 0 Å². The van der Waals surface area contributed by atoms with Crippen LogP contribution in [0.1, 0.15) is 5.56 Å². The van der Waals surface area contributed by atoms with Crippen LogP contribution in [0.4, 0.5) is 13.2 Å². The number of thioether (sulfide) groups is 1. The Bertz CT molecular complexity index is 961. The zero-order chi connectivity index (χ0) is 17.3. The Kier molecular flexibility index (Phi) is 4.46. The molecule has 0 aliphatic carbocycles. The number of pyridine rings is 1. The van der Waals surface area contributed by atoms with Gasteiger partial charge in [-0.1, -0.05) is 40.7 Å². The molecule has 0 radical (unpaired) electrons. The summed E-state index contributed by atoms with van der Waals surface area (Å²) in [6.45, 7) is 0. The van der Waals surface area contributed by atoms with Gasteiger partial charge in [0.2, 0.25) is 0 Å². The van der Waals surface area contributed by atoms with Crippen LogP contribution in [-0.2, 0) is 12.1 Å². The topological polar surface area (TPSA) is 60.7 Å². The lowest BCUT2D eigenvalue weighted by Gasteiger charge is -2.09. The number of aromatic nitrogens is 4. The minimum absolute atomic E-state index is 0.0226. The lowest BCUT2D eigenvalue weighted by molar-refractivity contribution is -0.137. The van der Waals surface area contributed by atoms with Crippen molar-refractivity contribution in [3.05, 3.63) is 57.5 Å². The van der Waals surface area contributed by atoms with Crippen molar-refractivity contribution >= 4 is 34.3 Å². The quantitative estimate of drug-likeness (QED) is 0.657. The molecule has 124 valence electrons. The van der Waals surface area contributed by atoms with Crippen LogP contribution < -0.4 is 5.56 Å². The van der Waals surface area contributed by atoms with E-state index in [1.54, 1.807) is 24.3 Å². The average molecular weight is 373 g/mol. The normalized spacial score (nSPS) is 11.8. The fourth-order valence-corrected chi connectivity index (χ4v) is 2.98. The summed E-state index contributed by atoms with van der Waals surface area (Å²) >= 11 is 6.82. The molecular weight excluding hydrogens is 365 g/mol. The molecular formula is C14H8ClF3N4OS. The largest absolute Gasteiger partial charge is 0.417 e. The molecule has 0 spiro atoms. The zero-order valence-corrected chi connectivity index (χ0v) is 13.4. The van der Waals surface area contributed by atoms with E-state index >= 15 is 0 Å². The summed E-state index contributed by atoms with van der Waals surface area (Å²) in [5.41, 5.74) is -0.815. The number of rotatable bonds is 3. The average Bonchev–Trinajstić information content (AvgIpc) is 2.54. The van der Waals surface area contributed by atoms with E-state index in [-0.39, 0.29) is 21.5 Å². The van der Waals surface area contributed by atoms with Gasteiger partial charge >= 0.3 is 6.18 Å². The Morgan fingerprint density at radius 3 is 2.71 bits per heavy atom. The first-order valence-corrected chi connectivity index (χ1v) is 7.91. The van der Waals surface area contributed by atoms with E-state index < -0.39 is 11.7 Å². The van der Waals surface area contributed by atoms with Gasteiger partial charge in [0.15, 0.2) is 0 Å². The predicted molar refractivity (Wildman–Crippen MR) is 83.9 cm³/mol. The standard InChI is InChI=1S/C14H8ClF3N4OS/c15-10-5-8(14(16,17)18)6-19-12(10)24-7-22-13(23)9-3-1-2-4-11(9)20-21-22/h1-6H,7H2. The molecule has 0 N–H and O–H groups in total. The van der Waals surface area contributed by atoms with Gasteiger partial charge in [-0.2, -0.15) is 17.9 Å². The molecule has 0 saturated heterocycles. The smallest absolute Gasteiger partial charge is 0.267 e. The minimum atomic E-state index is -4.51. The molecule has 10 heteroatoms. The van der Waals surface area contributed by atoms with E-state index in [1.165, 1.54) is 0 Å². The number of hydrogen-bond acceptors (Lipinski definition) is 5. The summed E-state index contributed by atoms with van der Waals surface area (Å²) in [6, 6.07) is 7.52. The number of alkyl halides is 3. The van der Waals surface area contributed by atoms with Crippen molar-refractivity contribution in [2.24, 2.45) is 0 Å². The van der Waals surface area contributed by atoms with Gasteiger partial charge in [-0.05, 0) is 18.2 Å². The number of benzene rings is 1. The molecule has 0 aliphatic heterocycles. The third-order valence-corrected chi connectivity index (χ3v) is 4.46. The highest BCUT2D eigenvalue weighted by Crippen LogP contribution is 2.33. The molecule has 0 saturated carbocycles. The van der Waals surface area contributed by atoms with Crippen molar-refractivity contribution in [1.29, 1.82) is 0 Å². The first-order chi connectivity index (χ1) is 11.4. The van der Waals surface area contributed by atoms with Crippen LogP contribution in [0.2, 0.25) is 5.02 Å². The second-order valence-corrected chi connectivity index (χ2v) is 6.03. The first kappa shape index (κ1) is 16.7. The van der Waals surface area contributed by atoms with Crippen LogP contribution in [0.3, 0.4) is 0 Å². The van der Waals surface area contributed by atoms with Gasteiger partial charge in [0, 0.05) is 6.20 Å². The van der Waals surface area contributed by atoms with Crippen LogP contribution in [-0.4, -0.2) is 20.0 Å². The molecule has 2 aromatic heterocycles. The Labute approximate surface area is 142 Å². The van der Waals surface area contributed by atoms with Crippen LogP contribution in [0.15, 0.2) is 46.3 Å². The fourth-order valence-electron chi connectivity index (χ4n) is 1.92. The van der Waals surface area contributed by atoms with Gasteiger partial charge in [-0.15, -0.1) is 5.10 Å². The molecule has 0 unspecified atom stereocenters. The highest BCUT2D eigenvalue weighted by Gasteiger charge is 2.31. The third-order valence-electron chi connectivity index (χ3n) is 3.09. The van der Waals surface area contributed by atoms with Crippen LogP contribution >= 0.6 is 23.4 Å². The van der Waals surface area contributed by atoms with E-state index in [0.29, 0.717) is 17.1 Å². The molecule has 2 heterocycles. The van der Waals surface area contributed by atoms with Crippen molar-refractivity contribution < 1.29 is 13.2 Å². The maximum absolute atomic E-state index is 12.6. The SMILES string of the molecule is O=c1c2ccccc2nnn1CSc1ncc(C(F)(F)F)cc1Cl. The molecule has 3 aromatic rings. The Hall–Kier alpha value is -2.13. The molecule has 0 aliphatic rings. The van der Waals surface area contributed by atoms with Gasteiger partial charge in [0.25, 0.3) is 5.56 Å². The number of halogens is 4. The minimum Gasteiger partial charge on any atom is -0.267 e. The van der Waals surface area contributed by atoms with Gasteiger partial charge < -0.3 is 0 Å². The van der Waals surface area contributed by atoms with Gasteiger partial charge in [-0.3, -0.25) is 4.79 Å². The van der Waals surface area contributed by atoms with E-state index in [1.807, 2.05) is 0 Å². The van der Waals surface area contributed by atoms with Crippen LogP contribution in [0.5, 0.6) is 0 Å². The molecule has 0 bridgehead atoms. The monoisotopic (exact) mass is 372 g/mol. The number of fused-ring (bicyclic) bond motifs is 1. The fraction of sp³-hybridized carbons (Fsp3) is 0.143. The molecule has 24 heavy (non-hydrogen) atoms. The molecule has 3 rings (SSSR count). The maximum Gasteiger partial charge on any atom is 0.417 e. The molecule has 0 atom stereocenters. The second-order valence-electron chi connectivity index (χ2n) is 4.69. The Balaban J connectivity index is 1.84. The lowest BCUT2D eigenvalue weighted by atomic mass is 10.2. The lowest BCUT2D eigenvalue weighted by Crippen LogP contribution is -2.23.